The van der Waals surface area contributed by atoms with Crippen LogP contribution in [0, 0.1) is 24.2 Å². The quantitative estimate of drug-likeness (QED) is 0.892. The molecule has 0 bridgehead atoms. The Balaban J connectivity index is 2.07. The molecule has 0 saturated carbocycles. The summed E-state index contributed by atoms with van der Waals surface area (Å²) in [6, 6.07) is 6.92. The third-order valence-electron chi connectivity index (χ3n) is 4.58. The third-order valence-corrected chi connectivity index (χ3v) is 6.76. The normalized spacial score (nSPS) is 29.3. The SMILES string of the molecule is Cc1ccc(C#N)cc1S(=O)(=O)N1C(C)CC2CNCC21. The van der Waals surface area contributed by atoms with Gasteiger partial charge in [-0.1, -0.05) is 6.07 Å². The lowest BCUT2D eigenvalue weighted by molar-refractivity contribution is 0.335. The van der Waals surface area contributed by atoms with Crippen LogP contribution in [0.3, 0.4) is 0 Å². The number of hydrogen-bond donors (Lipinski definition) is 1. The van der Waals surface area contributed by atoms with E-state index in [-0.39, 0.29) is 17.0 Å². The summed E-state index contributed by atoms with van der Waals surface area (Å²) in [5.41, 5.74) is 1.07. The molecular formula is C15H19N3O2S. The Morgan fingerprint density at radius 3 is 2.86 bits per heavy atom. The monoisotopic (exact) mass is 305 g/mol. The summed E-state index contributed by atoms with van der Waals surface area (Å²) in [6.07, 6.45) is 0.897. The summed E-state index contributed by atoms with van der Waals surface area (Å²) < 4.78 is 27.8. The van der Waals surface area contributed by atoms with E-state index in [1.807, 2.05) is 13.0 Å². The predicted molar refractivity (Wildman–Crippen MR) is 79.1 cm³/mol. The van der Waals surface area contributed by atoms with Crippen LogP contribution in [0.25, 0.3) is 0 Å². The van der Waals surface area contributed by atoms with Crippen molar-refractivity contribution in [2.45, 2.75) is 37.2 Å². The molecule has 0 amide bonds. The number of rotatable bonds is 2. The highest BCUT2D eigenvalue weighted by molar-refractivity contribution is 7.89. The number of benzene rings is 1. The second kappa shape index (κ2) is 5.09. The molecule has 3 unspecified atom stereocenters. The van der Waals surface area contributed by atoms with Crippen molar-refractivity contribution in [3.8, 4) is 6.07 Å². The lowest BCUT2D eigenvalue weighted by Crippen LogP contribution is -2.42. The van der Waals surface area contributed by atoms with Gasteiger partial charge in [0.2, 0.25) is 10.0 Å². The lowest BCUT2D eigenvalue weighted by atomic mass is 10.0. The van der Waals surface area contributed by atoms with Crippen LogP contribution in [0.2, 0.25) is 0 Å². The van der Waals surface area contributed by atoms with Crippen molar-refractivity contribution < 1.29 is 8.42 Å². The van der Waals surface area contributed by atoms with Crippen molar-refractivity contribution in [2.75, 3.05) is 13.1 Å². The predicted octanol–water partition coefficient (Wildman–Crippen LogP) is 1.24. The first kappa shape index (κ1) is 14.5. The van der Waals surface area contributed by atoms with Crippen LogP contribution in [-0.4, -0.2) is 37.9 Å². The summed E-state index contributed by atoms with van der Waals surface area (Å²) in [7, 11) is -3.56. The molecule has 1 N–H and O–H groups in total. The largest absolute Gasteiger partial charge is 0.315 e. The highest BCUT2D eigenvalue weighted by Gasteiger charge is 2.48. The molecule has 1 aromatic rings. The van der Waals surface area contributed by atoms with Gasteiger partial charge in [0.05, 0.1) is 16.5 Å². The Labute approximate surface area is 125 Å². The van der Waals surface area contributed by atoms with E-state index in [0.29, 0.717) is 23.6 Å². The maximum Gasteiger partial charge on any atom is 0.243 e. The van der Waals surface area contributed by atoms with Gasteiger partial charge in [-0.2, -0.15) is 9.57 Å². The Kier molecular flexibility index (Phi) is 3.52. The molecule has 1 aromatic carbocycles. The topological polar surface area (TPSA) is 73.2 Å². The number of fused-ring (bicyclic) bond motifs is 1. The van der Waals surface area contributed by atoms with E-state index in [9.17, 15) is 8.42 Å². The van der Waals surface area contributed by atoms with E-state index >= 15 is 0 Å². The third kappa shape index (κ3) is 2.26. The summed E-state index contributed by atoms with van der Waals surface area (Å²) in [4.78, 5) is 0.265. The van der Waals surface area contributed by atoms with E-state index in [0.717, 1.165) is 13.0 Å². The average molecular weight is 305 g/mol. The van der Waals surface area contributed by atoms with Crippen molar-refractivity contribution >= 4 is 10.0 Å². The number of hydrogen-bond acceptors (Lipinski definition) is 4. The smallest absolute Gasteiger partial charge is 0.243 e. The first-order valence-corrected chi connectivity index (χ1v) is 8.64. The molecular weight excluding hydrogens is 286 g/mol. The van der Waals surface area contributed by atoms with Crippen LogP contribution in [0.1, 0.15) is 24.5 Å². The maximum atomic E-state index is 13.1. The molecule has 2 heterocycles. The van der Waals surface area contributed by atoms with Crippen molar-refractivity contribution in [2.24, 2.45) is 5.92 Å². The summed E-state index contributed by atoms with van der Waals surface area (Å²) in [5.74, 6) is 0.397. The fourth-order valence-corrected chi connectivity index (χ4v) is 5.74. The van der Waals surface area contributed by atoms with Crippen molar-refractivity contribution in [3.63, 3.8) is 0 Å². The van der Waals surface area contributed by atoms with E-state index in [2.05, 4.69) is 5.32 Å². The molecule has 2 aliphatic rings. The molecule has 112 valence electrons. The number of nitriles is 1. The molecule has 6 heteroatoms. The number of nitrogens with zero attached hydrogens (tertiary/aromatic N) is 2. The van der Waals surface area contributed by atoms with Gasteiger partial charge >= 0.3 is 0 Å². The summed E-state index contributed by atoms with van der Waals surface area (Å²) >= 11 is 0. The van der Waals surface area contributed by atoms with Crippen molar-refractivity contribution in [1.82, 2.24) is 9.62 Å². The van der Waals surface area contributed by atoms with Crippen LogP contribution < -0.4 is 5.32 Å². The zero-order valence-electron chi connectivity index (χ0n) is 12.2. The van der Waals surface area contributed by atoms with Gasteiger partial charge in [-0.3, -0.25) is 0 Å². The van der Waals surface area contributed by atoms with Crippen LogP contribution in [0.15, 0.2) is 23.1 Å². The van der Waals surface area contributed by atoms with Gasteiger partial charge in [0.1, 0.15) is 0 Å². The van der Waals surface area contributed by atoms with Gasteiger partial charge < -0.3 is 5.32 Å². The van der Waals surface area contributed by atoms with Gasteiger partial charge in [-0.15, -0.1) is 0 Å². The molecule has 2 aliphatic heterocycles. The second-order valence-corrected chi connectivity index (χ2v) is 7.81. The van der Waals surface area contributed by atoms with Gasteiger partial charge in [-0.25, -0.2) is 8.42 Å². The maximum absolute atomic E-state index is 13.1. The Morgan fingerprint density at radius 2 is 2.14 bits per heavy atom. The molecule has 2 fully saturated rings. The molecule has 5 nitrogen and oxygen atoms in total. The molecule has 3 rings (SSSR count). The standard InChI is InChI=1S/C15H19N3O2S/c1-10-3-4-12(7-16)6-15(10)21(19,20)18-11(2)5-13-8-17-9-14(13)18/h3-4,6,11,13-14,17H,5,8-9H2,1-2H3. The van der Waals surface area contributed by atoms with Gasteiger partial charge in [-0.05, 0) is 50.4 Å². The fraction of sp³-hybridized carbons (Fsp3) is 0.533. The number of sulfonamides is 1. The fourth-order valence-electron chi connectivity index (χ4n) is 3.60. The Morgan fingerprint density at radius 1 is 1.38 bits per heavy atom. The molecule has 0 aliphatic carbocycles. The molecule has 3 atom stereocenters. The first-order valence-electron chi connectivity index (χ1n) is 7.20. The molecule has 2 saturated heterocycles. The molecule has 0 radical (unpaired) electrons. The Bertz CT molecular complexity index is 708. The van der Waals surface area contributed by atoms with Gasteiger partial charge in [0, 0.05) is 18.6 Å². The van der Waals surface area contributed by atoms with E-state index in [4.69, 9.17) is 5.26 Å². The highest BCUT2D eigenvalue weighted by atomic mass is 32.2. The summed E-state index contributed by atoms with van der Waals surface area (Å²) in [6.45, 7) is 5.35. The average Bonchev–Trinajstić information content (AvgIpc) is 2.98. The van der Waals surface area contributed by atoms with Crippen LogP contribution in [0.5, 0.6) is 0 Å². The van der Waals surface area contributed by atoms with Crippen LogP contribution in [-0.2, 0) is 10.0 Å². The van der Waals surface area contributed by atoms with Crippen LogP contribution >= 0.6 is 0 Å². The zero-order valence-corrected chi connectivity index (χ0v) is 13.0. The van der Waals surface area contributed by atoms with Gasteiger partial charge in [0.25, 0.3) is 0 Å². The minimum absolute atomic E-state index is 0.0113. The molecule has 0 aromatic heterocycles. The van der Waals surface area contributed by atoms with Crippen molar-refractivity contribution in [1.29, 1.82) is 5.26 Å². The van der Waals surface area contributed by atoms with E-state index in [1.54, 1.807) is 23.4 Å². The minimum Gasteiger partial charge on any atom is -0.315 e. The highest BCUT2D eigenvalue weighted by Crippen LogP contribution is 2.37. The molecule has 0 spiro atoms. The van der Waals surface area contributed by atoms with Crippen LogP contribution in [0.4, 0.5) is 0 Å². The second-order valence-electron chi connectivity index (χ2n) is 6.00. The Hall–Kier alpha value is -1.42. The van der Waals surface area contributed by atoms with Crippen molar-refractivity contribution in [3.05, 3.63) is 29.3 Å². The van der Waals surface area contributed by atoms with E-state index in [1.165, 1.54) is 6.07 Å². The number of nitrogens with one attached hydrogen (secondary N) is 1. The zero-order chi connectivity index (χ0) is 15.2. The van der Waals surface area contributed by atoms with Gasteiger partial charge in [0.15, 0.2) is 0 Å². The summed E-state index contributed by atoms with van der Waals surface area (Å²) in [5, 5.41) is 12.3. The lowest BCUT2D eigenvalue weighted by Gasteiger charge is -2.27. The van der Waals surface area contributed by atoms with E-state index < -0.39 is 10.0 Å². The first-order chi connectivity index (χ1) is 9.95. The minimum atomic E-state index is -3.56. The number of aryl methyl sites for hydroxylation is 1. The molecule has 21 heavy (non-hydrogen) atoms.